The monoisotopic (exact) mass is 275 g/mol. The lowest BCUT2D eigenvalue weighted by molar-refractivity contribution is -0.130. The Morgan fingerprint density at radius 2 is 1.85 bits per heavy atom. The number of nitrogens with zero attached hydrogens (tertiary/aromatic N) is 2. The van der Waals surface area contributed by atoms with Gasteiger partial charge in [0.1, 0.15) is 5.54 Å². The molecule has 1 aromatic heterocycles. The fourth-order valence-electron chi connectivity index (χ4n) is 3.33. The Bertz CT molecular complexity index is 616. The van der Waals surface area contributed by atoms with E-state index < -0.39 is 5.54 Å². The highest BCUT2D eigenvalue weighted by atomic mass is 16.2. The molecule has 1 saturated heterocycles. The van der Waals surface area contributed by atoms with Gasteiger partial charge in [-0.1, -0.05) is 19.3 Å². The van der Waals surface area contributed by atoms with E-state index >= 15 is 0 Å². The van der Waals surface area contributed by atoms with Crippen LogP contribution in [0.4, 0.5) is 10.5 Å². The van der Waals surface area contributed by atoms with Crippen LogP contribution in [-0.2, 0) is 4.79 Å². The van der Waals surface area contributed by atoms with Gasteiger partial charge in [0.15, 0.2) is 0 Å². The second kappa shape index (κ2) is 4.47. The fraction of sp³-hybridized carbons (Fsp3) is 0.500. The molecule has 1 N–H and O–H groups in total. The molecule has 3 rings (SSSR count). The average molecular weight is 275 g/mol. The molecule has 3 amide bonds. The molecule has 2 fully saturated rings. The first-order valence-corrected chi connectivity index (χ1v) is 6.87. The fourth-order valence-corrected chi connectivity index (χ4v) is 3.33. The SMILES string of the molecule is CN1C(=O)N(c2cc[nH]c(=O)c2)C2(CCCCC2)C1=O. The highest BCUT2D eigenvalue weighted by Crippen LogP contribution is 2.42. The van der Waals surface area contributed by atoms with E-state index in [1.54, 1.807) is 6.07 Å². The summed E-state index contributed by atoms with van der Waals surface area (Å²) in [5.41, 5.74) is -0.570. The molecular formula is C14H17N3O3. The Kier molecular flexibility index (Phi) is 2.88. The number of nitrogens with one attached hydrogen (secondary N) is 1. The van der Waals surface area contributed by atoms with Gasteiger partial charge in [-0.05, 0) is 18.9 Å². The lowest BCUT2D eigenvalue weighted by Crippen LogP contribution is -2.51. The van der Waals surface area contributed by atoms with Gasteiger partial charge in [-0.3, -0.25) is 19.4 Å². The van der Waals surface area contributed by atoms with Crippen molar-refractivity contribution in [3.8, 4) is 0 Å². The van der Waals surface area contributed by atoms with Crippen LogP contribution in [0.3, 0.4) is 0 Å². The number of hydrogen-bond acceptors (Lipinski definition) is 3. The molecule has 1 spiro atoms. The molecule has 20 heavy (non-hydrogen) atoms. The number of imide groups is 1. The molecule has 0 bridgehead atoms. The van der Waals surface area contributed by atoms with Gasteiger partial charge in [0.25, 0.3) is 5.91 Å². The topological polar surface area (TPSA) is 73.5 Å². The largest absolute Gasteiger partial charge is 0.331 e. The second-order valence-electron chi connectivity index (χ2n) is 5.49. The van der Waals surface area contributed by atoms with E-state index in [1.165, 1.54) is 29.1 Å². The van der Waals surface area contributed by atoms with Crippen LogP contribution in [0.25, 0.3) is 0 Å². The lowest BCUT2D eigenvalue weighted by atomic mass is 9.80. The second-order valence-corrected chi connectivity index (χ2v) is 5.49. The van der Waals surface area contributed by atoms with Crippen LogP contribution in [0.2, 0.25) is 0 Å². The number of urea groups is 1. The van der Waals surface area contributed by atoms with Crippen LogP contribution < -0.4 is 10.5 Å². The van der Waals surface area contributed by atoms with Crippen molar-refractivity contribution in [2.24, 2.45) is 0 Å². The summed E-state index contributed by atoms with van der Waals surface area (Å²) in [7, 11) is 1.51. The summed E-state index contributed by atoms with van der Waals surface area (Å²) in [4.78, 5) is 41.7. The first-order valence-electron chi connectivity index (χ1n) is 6.87. The first kappa shape index (κ1) is 12.9. The molecule has 2 heterocycles. The zero-order valence-corrected chi connectivity index (χ0v) is 11.4. The molecule has 1 saturated carbocycles. The summed E-state index contributed by atoms with van der Waals surface area (Å²) in [6.07, 6.45) is 5.75. The van der Waals surface area contributed by atoms with Crippen molar-refractivity contribution in [3.05, 3.63) is 28.7 Å². The Labute approximate surface area is 116 Å². The van der Waals surface area contributed by atoms with E-state index in [4.69, 9.17) is 0 Å². The van der Waals surface area contributed by atoms with Crippen molar-refractivity contribution in [2.45, 2.75) is 37.6 Å². The standard InChI is InChI=1S/C14H17N3O3/c1-16-12(19)14(6-3-2-4-7-14)17(13(16)20)10-5-8-15-11(18)9-10/h5,8-9H,2-4,6-7H2,1H3,(H,15,18). The molecule has 0 unspecified atom stereocenters. The Morgan fingerprint density at radius 1 is 1.15 bits per heavy atom. The van der Waals surface area contributed by atoms with Gasteiger partial charge in [0, 0.05) is 19.3 Å². The Balaban J connectivity index is 2.12. The van der Waals surface area contributed by atoms with E-state index in [1.807, 2.05) is 0 Å². The van der Waals surface area contributed by atoms with Crippen LogP contribution in [0.1, 0.15) is 32.1 Å². The van der Waals surface area contributed by atoms with Gasteiger partial charge < -0.3 is 4.98 Å². The molecule has 6 heteroatoms. The van der Waals surface area contributed by atoms with E-state index in [9.17, 15) is 14.4 Å². The molecule has 6 nitrogen and oxygen atoms in total. The van der Waals surface area contributed by atoms with Crippen molar-refractivity contribution in [1.29, 1.82) is 0 Å². The molecule has 106 valence electrons. The zero-order valence-electron chi connectivity index (χ0n) is 11.4. The molecule has 1 aromatic rings. The molecule has 1 aliphatic carbocycles. The van der Waals surface area contributed by atoms with Gasteiger partial charge in [-0.25, -0.2) is 4.79 Å². The number of aromatic amines is 1. The zero-order chi connectivity index (χ0) is 14.3. The van der Waals surface area contributed by atoms with Gasteiger partial charge in [0.05, 0.1) is 5.69 Å². The number of rotatable bonds is 1. The number of carbonyl (C=O) groups excluding carboxylic acids is 2. The third-order valence-electron chi connectivity index (χ3n) is 4.31. The molecule has 2 aliphatic rings. The van der Waals surface area contributed by atoms with Crippen LogP contribution in [0.5, 0.6) is 0 Å². The van der Waals surface area contributed by atoms with Crippen molar-refractivity contribution < 1.29 is 9.59 Å². The molecular weight excluding hydrogens is 258 g/mol. The summed E-state index contributed by atoms with van der Waals surface area (Å²) in [5.74, 6) is -0.150. The maximum absolute atomic E-state index is 12.5. The van der Waals surface area contributed by atoms with Gasteiger partial charge >= 0.3 is 6.03 Å². The highest BCUT2D eigenvalue weighted by Gasteiger charge is 2.56. The van der Waals surface area contributed by atoms with Crippen LogP contribution in [-0.4, -0.2) is 34.4 Å². The molecule has 0 atom stereocenters. The van der Waals surface area contributed by atoms with Crippen LogP contribution in [0, 0.1) is 0 Å². The van der Waals surface area contributed by atoms with E-state index in [2.05, 4.69) is 4.98 Å². The normalized spacial score (nSPS) is 21.9. The Morgan fingerprint density at radius 3 is 2.50 bits per heavy atom. The van der Waals surface area contributed by atoms with Crippen molar-refractivity contribution in [1.82, 2.24) is 9.88 Å². The van der Waals surface area contributed by atoms with Gasteiger partial charge in [-0.2, -0.15) is 0 Å². The summed E-state index contributed by atoms with van der Waals surface area (Å²) >= 11 is 0. The van der Waals surface area contributed by atoms with E-state index in [0.29, 0.717) is 18.5 Å². The number of anilines is 1. The molecule has 1 aliphatic heterocycles. The highest BCUT2D eigenvalue weighted by molar-refractivity contribution is 6.16. The van der Waals surface area contributed by atoms with E-state index in [-0.39, 0.29) is 17.5 Å². The summed E-state index contributed by atoms with van der Waals surface area (Å²) in [6, 6.07) is 2.70. The summed E-state index contributed by atoms with van der Waals surface area (Å²) < 4.78 is 0. The van der Waals surface area contributed by atoms with Crippen LogP contribution in [0.15, 0.2) is 23.1 Å². The number of pyridine rings is 1. The maximum atomic E-state index is 12.5. The predicted octanol–water partition coefficient (Wildman–Crippen LogP) is 1.48. The average Bonchev–Trinajstić information content (AvgIpc) is 2.62. The number of carbonyl (C=O) groups is 2. The van der Waals surface area contributed by atoms with Crippen molar-refractivity contribution in [3.63, 3.8) is 0 Å². The maximum Gasteiger partial charge on any atom is 0.331 e. The lowest BCUT2D eigenvalue weighted by Gasteiger charge is -2.38. The minimum Gasteiger partial charge on any atom is -0.329 e. The summed E-state index contributed by atoms with van der Waals surface area (Å²) in [6.45, 7) is 0. The smallest absolute Gasteiger partial charge is 0.329 e. The van der Waals surface area contributed by atoms with Crippen LogP contribution >= 0.6 is 0 Å². The molecule has 0 aromatic carbocycles. The first-order chi connectivity index (χ1) is 9.56. The van der Waals surface area contributed by atoms with Gasteiger partial charge in [0.2, 0.25) is 5.56 Å². The minimum absolute atomic E-state index is 0.150. The third kappa shape index (κ3) is 1.67. The van der Waals surface area contributed by atoms with Crippen molar-refractivity contribution in [2.75, 3.05) is 11.9 Å². The number of aromatic nitrogens is 1. The Hall–Kier alpha value is -2.11. The van der Waals surface area contributed by atoms with Crippen molar-refractivity contribution >= 4 is 17.6 Å². The molecule has 0 radical (unpaired) electrons. The predicted molar refractivity (Wildman–Crippen MR) is 73.5 cm³/mol. The third-order valence-corrected chi connectivity index (χ3v) is 4.31. The number of H-pyrrole nitrogens is 1. The summed E-state index contributed by atoms with van der Waals surface area (Å²) in [5, 5.41) is 0. The quantitative estimate of drug-likeness (QED) is 0.789. The van der Waals surface area contributed by atoms with E-state index in [0.717, 1.165) is 19.3 Å². The van der Waals surface area contributed by atoms with Gasteiger partial charge in [-0.15, -0.1) is 0 Å². The number of hydrogen-bond donors (Lipinski definition) is 1. The number of amides is 3. The number of likely N-dealkylation sites (N-methyl/N-ethyl adjacent to an activating group) is 1. The minimum atomic E-state index is -0.794.